The van der Waals surface area contributed by atoms with Gasteiger partial charge in [-0.25, -0.2) is 14.4 Å². The summed E-state index contributed by atoms with van der Waals surface area (Å²) in [6, 6.07) is 10.9. The maximum atomic E-state index is 13.8. The van der Waals surface area contributed by atoms with E-state index in [1.165, 1.54) is 18.5 Å². The molecule has 0 radical (unpaired) electrons. The van der Waals surface area contributed by atoms with Crippen LogP contribution in [0.25, 0.3) is 11.1 Å². The molecule has 2 N–H and O–H groups in total. The number of nitrogens with one attached hydrogen (secondary N) is 1. The normalized spacial score (nSPS) is 24.9. The fraction of sp³-hybridized carbons (Fsp3) is 0.407. The molecule has 1 saturated carbocycles. The number of carbonyl (C=O) groups excluding carboxylic acids is 1. The Hall–Kier alpha value is -3.43. The number of benzene rings is 1. The Morgan fingerprint density at radius 2 is 2.06 bits per heavy atom. The molecule has 6 rings (SSSR count). The third-order valence-corrected chi connectivity index (χ3v) is 7.85. The fourth-order valence-corrected chi connectivity index (χ4v) is 5.99. The van der Waals surface area contributed by atoms with Gasteiger partial charge in [-0.05, 0) is 54.7 Å². The van der Waals surface area contributed by atoms with Crippen molar-refractivity contribution in [2.75, 3.05) is 13.2 Å². The Labute approximate surface area is 207 Å². The number of carbonyl (C=O) groups is 1. The van der Waals surface area contributed by atoms with Crippen LogP contribution in [0, 0.1) is 23.6 Å². The molecule has 4 atom stereocenters. The summed E-state index contributed by atoms with van der Waals surface area (Å²) < 4.78 is 15.6. The molecule has 3 aliphatic rings. The van der Waals surface area contributed by atoms with Gasteiger partial charge in [0.2, 0.25) is 5.91 Å². The SMILES string of the molecule is O=C(NCc1ccncn1)[C@H]1[C@H](CO)[C@H]2Cn3c(ccc(-c4cccc(F)c4)c3=O)[C@H]2N1CC1CC1. The van der Waals surface area contributed by atoms with E-state index in [-0.39, 0.29) is 48.3 Å². The highest BCUT2D eigenvalue weighted by Gasteiger charge is 2.56. The van der Waals surface area contributed by atoms with Crippen LogP contribution in [0.15, 0.2) is 59.8 Å². The van der Waals surface area contributed by atoms with Gasteiger partial charge in [0, 0.05) is 49.0 Å². The number of likely N-dealkylation sites (tertiary alicyclic amines) is 1. The summed E-state index contributed by atoms with van der Waals surface area (Å²) >= 11 is 0. The number of amides is 1. The Bertz CT molecular complexity index is 1340. The van der Waals surface area contributed by atoms with Crippen LogP contribution in [-0.4, -0.2) is 49.6 Å². The molecule has 2 aliphatic heterocycles. The first-order valence-electron chi connectivity index (χ1n) is 12.4. The highest BCUT2D eigenvalue weighted by Crippen LogP contribution is 2.50. The topological polar surface area (TPSA) is 100 Å². The fourth-order valence-electron chi connectivity index (χ4n) is 5.99. The van der Waals surface area contributed by atoms with Crippen LogP contribution >= 0.6 is 0 Å². The summed E-state index contributed by atoms with van der Waals surface area (Å²) in [5.41, 5.74) is 2.40. The average Bonchev–Trinajstić information content (AvgIpc) is 3.55. The summed E-state index contributed by atoms with van der Waals surface area (Å²) in [6.07, 6.45) is 5.33. The summed E-state index contributed by atoms with van der Waals surface area (Å²) in [5.74, 6) is -0.378. The number of hydrogen-bond acceptors (Lipinski definition) is 6. The second kappa shape index (κ2) is 9.22. The van der Waals surface area contributed by atoms with Gasteiger partial charge in [-0.15, -0.1) is 0 Å². The molecule has 0 spiro atoms. The summed E-state index contributed by atoms with van der Waals surface area (Å²) in [5, 5.41) is 13.4. The minimum absolute atomic E-state index is 0.0704. The molecule has 0 unspecified atom stereocenters. The Kier molecular flexibility index (Phi) is 5.89. The summed E-state index contributed by atoms with van der Waals surface area (Å²) in [7, 11) is 0. The van der Waals surface area contributed by atoms with Crippen molar-refractivity contribution in [1.29, 1.82) is 0 Å². The number of fused-ring (bicyclic) bond motifs is 3. The lowest BCUT2D eigenvalue weighted by molar-refractivity contribution is -0.128. The second-order valence-corrected chi connectivity index (χ2v) is 10.1. The molecule has 4 heterocycles. The number of hydrogen-bond donors (Lipinski definition) is 2. The zero-order valence-corrected chi connectivity index (χ0v) is 19.8. The van der Waals surface area contributed by atoms with Gasteiger partial charge < -0.3 is 15.0 Å². The van der Waals surface area contributed by atoms with Crippen molar-refractivity contribution < 1.29 is 14.3 Å². The summed E-state index contributed by atoms with van der Waals surface area (Å²) in [4.78, 5) is 37.3. The van der Waals surface area contributed by atoms with Crippen molar-refractivity contribution >= 4 is 5.91 Å². The molecular formula is C27H28FN5O3. The monoisotopic (exact) mass is 489 g/mol. The number of aliphatic hydroxyl groups is 1. The average molecular weight is 490 g/mol. The van der Waals surface area contributed by atoms with E-state index in [1.54, 1.807) is 35.0 Å². The lowest BCUT2D eigenvalue weighted by atomic mass is 9.88. The molecule has 186 valence electrons. The van der Waals surface area contributed by atoms with Crippen LogP contribution in [-0.2, 0) is 17.9 Å². The highest BCUT2D eigenvalue weighted by molar-refractivity contribution is 5.82. The number of nitrogens with zero attached hydrogens (tertiary/aromatic N) is 4. The van der Waals surface area contributed by atoms with E-state index in [0.717, 1.165) is 25.1 Å². The lowest BCUT2D eigenvalue weighted by Crippen LogP contribution is -2.48. The standard InChI is InChI=1S/C27H28FN5O3/c28-18-3-1-2-17(10-18)20-6-7-23-24-21(13-32(23)27(20)36)22(14-34)25(33(24)12-16-4-5-16)26(35)30-11-19-8-9-29-15-31-19/h1-3,6-10,15-16,21-22,24-25,34H,4-5,11-14H2,(H,30,35)/t21-,22-,24+,25-/m1/s1. The first-order chi connectivity index (χ1) is 17.5. The lowest BCUT2D eigenvalue weighted by Gasteiger charge is -2.31. The van der Waals surface area contributed by atoms with Crippen LogP contribution < -0.4 is 10.9 Å². The molecule has 1 aliphatic carbocycles. The smallest absolute Gasteiger partial charge is 0.258 e. The van der Waals surface area contributed by atoms with Gasteiger partial charge in [-0.2, -0.15) is 0 Å². The van der Waals surface area contributed by atoms with Gasteiger partial charge in [0.25, 0.3) is 5.56 Å². The largest absolute Gasteiger partial charge is 0.396 e. The van der Waals surface area contributed by atoms with Crippen molar-refractivity contribution in [3.8, 4) is 11.1 Å². The van der Waals surface area contributed by atoms with Crippen molar-refractivity contribution in [2.24, 2.45) is 17.8 Å². The predicted octanol–water partition coefficient (Wildman–Crippen LogP) is 2.13. The van der Waals surface area contributed by atoms with Crippen molar-refractivity contribution in [2.45, 2.75) is 38.0 Å². The zero-order chi connectivity index (χ0) is 24.8. The number of aromatic nitrogens is 3. The van der Waals surface area contributed by atoms with Gasteiger partial charge in [-0.1, -0.05) is 12.1 Å². The minimum Gasteiger partial charge on any atom is -0.396 e. The second-order valence-electron chi connectivity index (χ2n) is 10.1. The van der Waals surface area contributed by atoms with Crippen LogP contribution in [0.5, 0.6) is 0 Å². The molecule has 36 heavy (non-hydrogen) atoms. The van der Waals surface area contributed by atoms with Crippen LogP contribution in [0.4, 0.5) is 4.39 Å². The first kappa shape index (κ1) is 23.0. The Balaban J connectivity index is 1.33. The van der Waals surface area contributed by atoms with E-state index < -0.39 is 6.04 Å². The van der Waals surface area contributed by atoms with E-state index in [0.29, 0.717) is 29.3 Å². The molecule has 1 saturated heterocycles. The molecule has 1 aromatic carbocycles. The van der Waals surface area contributed by atoms with E-state index in [4.69, 9.17) is 0 Å². The number of aliphatic hydroxyl groups excluding tert-OH is 1. The number of rotatable bonds is 7. The summed E-state index contributed by atoms with van der Waals surface area (Å²) in [6.45, 7) is 1.32. The molecule has 2 fully saturated rings. The van der Waals surface area contributed by atoms with Crippen LogP contribution in [0.1, 0.15) is 30.3 Å². The molecule has 8 nitrogen and oxygen atoms in total. The zero-order valence-electron chi connectivity index (χ0n) is 19.8. The van der Waals surface area contributed by atoms with Crippen molar-refractivity contribution in [1.82, 2.24) is 24.8 Å². The quantitative estimate of drug-likeness (QED) is 0.528. The van der Waals surface area contributed by atoms with Crippen molar-refractivity contribution in [3.63, 3.8) is 0 Å². The van der Waals surface area contributed by atoms with Crippen LogP contribution in [0.3, 0.4) is 0 Å². The van der Waals surface area contributed by atoms with Gasteiger partial charge in [0.05, 0.1) is 24.3 Å². The Morgan fingerprint density at radius 3 is 2.78 bits per heavy atom. The maximum absolute atomic E-state index is 13.8. The first-order valence-corrected chi connectivity index (χ1v) is 12.4. The molecule has 9 heteroatoms. The molecular weight excluding hydrogens is 461 g/mol. The third-order valence-electron chi connectivity index (χ3n) is 7.85. The van der Waals surface area contributed by atoms with Gasteiger partial charge in [0.1, 0.15) is 12.1 Å². The molecule has 2 aromatic heterocycles. The van der Waals surface area contributed by atoms with Gasteiger partial charge >= 0.3 is 0 Å². The highest BCUT2D eigenvalue weighted by atomic mass is 19.1. The number of halogens is 1. The minimum atomic E-state index is -0.487. The van der Waals surface area contributed by atoms with Crippen molar-refractivity contribution in [3.05, 3.63) is 82.5 Å². The predicted molar refractivity (Wildman–Crippen MR) is 130 cm³/mol. The van der Waals surface area contributed by atoms with E-state index >= 15 is 0 Å². The third kappa shape index (κ3) is 4.02. The van der Waals surface area contributed by atoms with E-state index in [2.05, 4.69) is 20.2 Å². The maximum Gasteiger partial charge on any atom is 0.258 e. The molecule has 0 bridgehead atoms. The van der Waals surface area contributed by atoms with Gasteiger partial charge in [-0.3, -0.25) is 14.5 Å². The van der Waals surface area contributed by atoms with Crippen LogP contribution in [0.2, 0.25) is 0 Å². The van der Waals surface area contributed by atoms with E-state index in [9.17, 15) is 19.1 Å². The molecule has 3 aromatic rings. The van der Waals surface area contributed by atoms with Gasteiger partial charge in [0.15, 0.2) is 0 Å². The molecule has 1 amide bonds. The number of pyridine rings is 1. The Morgan fingerprint density at radius 1 is 1.19 bits per heavy atom. The van der Waals surface area contributed by atoms with E-state index in [1.807, 2.05) is 6.07 Å².